The molecule has 0 aromatic heterocycles. The number of hydrogen-bond acceptors (Lipinski definition) is 3. The van der Waals surface area contributed by atoms with Crippen molar-refractivity contribution in [3.8, 4) is 11.5 Å². The number of hydrogen-bond donors (Lipinski definition) is 2. The summed E-state index contributed by atoms with van der Waals surface area (Å²) in [6.45, 7) is 4.25. The van der Waals surface area contributed by atoms with Gasteiger partial charge in [-0.15, -0.1) is 0 Å². The Balaban J connectivity index is 1.78. The summed E-state index contributed by atoms with van der Waals surface area (Å²) < 4.78 is 6.03. The molecule has 2 unspecified atom stereocenters. The lowest BCUT2D eigenvalue weighted by Crippen LogP contribution is -2.44. The number of aromatic hydroxyl groups is 1. The fourth-order valence-corrected chi connectivity index (χ4v) is 4.91. The van der Waals surface area contributed by atoms with Crippen LogP contribution in [0.25, 0.3) is 5.57 Å². The summed E-state index contributed by atoms with van der Waals surface area (Å²) in [7, 11) is 0. The van der Waals surface area contributed by atoms with Gasteiger partial charge < -0.3 is 14.9 Å². The minimum absolute atomic E-state index is 0.0582. The summed E-state index contributed by atoms with van der Waals surface area (Å²) >= 11 is 0. The second-order valence-corrected chi connectivity index (χ2v) is 8.42. The third-order valence-electron chi connectivity index (χ3n) is 6.30. The predicted molar refractivity (Wildman–Crippen MR) is 104 cm³/mol. The maximum absolute atomic E-state index is 10.9. The van der Waals surface area contributed by atoms with Crippen molar-refractivity contribution in [2.24, 2.45) is 0 Å². The Kier molecular flexibility index (Phi) is 4.60. The number of fused-ring (bicyclic) bond motifs is 4. The summed E-state index contributed by atoms with van der Waals surface area (Å²) in [6, 6.07) is 3.96. The molecule has 1 fully saturated rings. The molecule has 0 saturated heterocycles. The summed E-state index contributed by atoms with van der Waals surface area (Å²) in [4.78, 5) is 0. The Morgan fingerprint density at radius 1 is 1.12 bits per heavy atom. The fraction of sp³-hybridized carbons (Fsp3) is 0.565. The number of rotatable bonds is 1. The average Bonchev–Trinajstić information content (AvgIpc) is 2.52. The molecule has 2 atom stereocenters. The molecule has 2 aliphatic carbocycles. The lowest BCUT2D eigenvalue weighted by atomic mass is 9.72. The van der Waals surface area contributed by atoms with Gasteiger partial charge in [0.25, 0.3) is 0 Å². The Labute approximate surface area is 156 Å². The van der Waals surface area contributed by atoms with E-state index in [0.717, 1.165) is 30.4 Å². The fourth-order valence-electron chi connectivity index (χ4n) is 4.91. The lowest BCUT2D eigenvalue weighted by Gasteiger charge is -2.44. The summed E-state index contributed by atoms with van der Waals surface area (Å²) in [5, 5.41) is 21.8. The first-order valence-electron chi connectivity index (χ1n) is 10.1. The zero-order valence-corrected chi connectivity index (χ0v) is 16.0. The van der Waals surface area contributed by atoms with Crippen molar-refractivity contribution in [3.63, 3.8) is 0 Å². The van der Waals surface area contributed by atoms with Gasteiger partial charge >= 0.3 is 0 Å². The lowest BCUT2D eigenvalue weighted by molar-refractivity contribution is -0.165. The van der Waals surface area contributed by atoms with E-state index >= 15 is 0 Å². The second-order valence-electron chi connectivity index (χ2n) is 8.42. The van der Waals surface area contributed by atoms with Crippen LogP contribution < -0.4 is 4.74 Å². The zero-order valence-electron chi connectivity index (χ0n) is 16.0. The molecule has 0 spiro atoms. The van der Waals surface area contributed by atoms with Gasteiger partial charge in [-0.1, -0.05) is 30.1 Å². The van der Waals surface area contributed by atoms with Crippen LogP contribution in [-0.2, 0) is 0 Å². The van der Waals surface area contributed by atoms with E-state index in [1.54, 1.807) is 0 Å². The Morgan fingerprint density at radius 3 is 2.73 bits per heavy atom. The number of ether oxygens (including phenoxy) is 1. The van der Waals surface area contributed by atoms with Crippen LogP contribution in [-0.4, -0.2) is 16.0 Å². The summed E-state index contributed by atoms with van der Waals surface area (Å²) in [5.74, 6) is -0.0621. The highest BCUT2D eigenvalue weighted by Crippen LogP contribution is 2.54. The minimum atomic E-state index is -1.10. The van der Waals surface area contributed by atoms with Gasteiger partial charge in [-0.25, -0.2) is 0 Å². The molecule has 1 saturated carbocycles. The number of aliphatic hydroxyl groups is 1. The van der Waals surface area contributed by atoms with Crippen molar-refractivity contribution >= 4 is 5.57 Å². The van der Waals surface area contributed by atoms with Crippen molar-refractivity contribution in [3.05, 3.63) is 40.5 Å². The summed E-state index contributed by atoms with van der Waals surface area (Å²) in [6.07, 6.45) is 11.5. The van der Waals surface area contributed by atoms with Crippen LogP contribution in [0.5, 0.6) is 11.5 Å². The summed E-state index contributed by atoms with van der Waals surface area (Å²) in [5.41, 5.74) is 5.84. The van der Waals surface area contributed by atoms with Crippen LogP contribution in [0, 0.1) is 0 Å². The van der Waals surface area contributed by atoms with Gasteiger partial charge in [0.05, 0.1) is 0 Å². The first-order valence-corrected chi connectivity index (χ1v) is 10.1. The van der Waals surface area contributed by atoms with Gasteiger partial charge in [-0.05, 0) is 69.2 Å². The molecular formula is C23H30O3. The molecule has 0 amide bonds. The molecule has 26 heavy (non-hydrogen) atoms. The van der Waals surface area contributed by atoms with Gasteiger partial charge in [0.2, 0.25) is 5.79 Å². The van der Waals surface area contributed by atoms with Gasteiger partial charge in [0.1, 0.15) is 11.5 Å². The van der Waals surface area contributed by atoms with Crippen LogP contribution in [0.15, 0.2) is 29.4 Å². The van der Waals surface area contributed by atoms with Crippen molar-refractivity contribution in [1.82, 2.24) is 0 Å². The normalized spacial score (nSPS) is 30.3. The molecule has 1 aromatic carbocycles. The van der Waals surface area contributed by atoms with Crippen molar-refractivity contribution in [2.75, 3.05) is 0 Å². The van der Waals surface area contributed by atoms with E-state index in [-0.39, 0.29) is 5.92 Å². The maximum Gasteiger partial charge on any atom is 0.209 e. The van der Waals surface area contributed by atoms with Gasteiger partial charge in [0.15, 0.2) is 0 Å². The SMILES string of the molecule is CC(C)=C1CCC2(O)CC1c1c(O)cc(/C3=C/CCCCCC3)cc1O2. The van der Waals surface area contributed by atoms with Crippen LogP contribution in [0.1, 0.15) is 88.7 Å². The Bertz CT molecular complexity index is 770. The van der Waals surface area contributed by atoms with E-state index in [1.807, 2.05) is 12.1 Å². The number of phenols is 1. The van der Waals surface area contributed by atoms with Crippen molar-refractivity contribution in [1.29, 1.82) is 0 Å². The quantitative estimate of drug-likeness (QED) is 0.625. The molecule has 1 aliphatic heterocycles. The number of benzene rings is 1. The van der Waals surface area contributed by atoms with Crippen molar-refractivity contribution in [2.45, 2.75) is 83.3 Å². The topological polar surface area (TPSA) is 49.7 Å². The van der Waals surface area contributed by atoms with E-state index in [4.69, 9.17) is 4.74 Å². The number of phenolic OH excluding ortho intramolecular Hbond substituents is 1. The molecule has 1 aromatic rings. The standard InChI is InChI=1S/C23H30O3/c1-15(2)18-10-11-23(25)14-19(18)22-20(24)12-17(13-21(22)26-23)16-8-6-4-3-5-7-9-16/h8,12-13,19,24-25H,3-7,9-11,14H2,1-2H3/b16-8+. The first-order chi connectivity index (χ1) is 12.5. The molecule has 2 bridgehead atoms. The molecule has 2 N–H and O–H groups in total. The molecule has 3 nitrogen and oxygen atoms in total. The number of allylic oxidation sites excluding steroid dienone is 4. The third-order valence-corrected chi connectivity index (χ3v) is 6.30. The molecule has 3 aliphatic rings. The average molecular weight is 354 g/mol. The molecule has 0 radical (unpaired) electrons. The predicted octanol–water partition coefficient (Wildman–Crippen LogP) is 5.81. The van der Waals surface area contributed by atoms with Gasteiger partial charge in [-0.3, -0.25) is 0 Å². The maximum atomic E-state index is 10.9. The highest BCUT2D eigenvalue weighted by Gasteiger charge is 2.46. The zero-order chi connectivity index (χ0) is 18.3. The molecule has 4 rings (SSSR count). The highest BCUT2D eigenvalue weighted by atomic mass is 16.6. The molecule has 140 valence electrons. The van der Waals surface area contributed by atoms with Gasteiger partial charge in [0, 0.05) is 24.3 Å². The van der Waals surface area contributed by atoms with Crippen LogP contribution in [0.2, 0.25) is 0 Å². The van der Waals surface area contributed by atoms with Crippen LogP contribution in [0.3, 0.4) is 0 Å². The van der Waals surface area contributed by atoms with Crippen molar-refractivity contribution < 1.29 is 14.9 Å². The third kappa shape index (κ3) is 3.18. The Hall–Kier alpha value is -1.74. The Morgan fingerprint density at radius 2 is 1.92 bits per heavy atom. The monoisotopic (exact) mass is 354 g/mol. The largest absolute Gasteiger partial charge is 0.507 e. The van der Waals surface area contributed by atoms with E-state index in [2.05, 4.69) is 19.9 Å². The smallest absolute Gasteiger partial charge is 0.209 e. The molecule has 1 heterocycles. The first kappa shape index (κ1) is 17.7. The van der Waals surface area contributed by atoms with E-state index in [9.17, 15) is 10.2 Å². The van der Waals surface area contributed by atoms with Crippen LogP contribution in [0.4, 0.5) is 0 Å². The van der Waals surface area contributed by atoms with Gasteiger partial charge in [-0.2, -0.15) is 0 Å². The van der Waals surface area contributed by atoms with Crippen LogP contribution >= 0.6 is 0 Å². The second kappa shape index (κ2) is 6.77. The van der Waals surface area contributed by atoms with E-state index in [0.29, 0.717) is 24.3 Å². The van der Waals surface area contributed by atoms with E-state index in [1.165, 1.54) is 42.4 Å². The molecular weight excluding hydrogens is 324 g/mol. The van der Waals surface area contributed by atoms with E-state index < -0.39 is 5.79 Å². The minimum Gasteiger partial charge on any atom is -0.507 e. The highest BCUT2D eigenvalue weighted by molar-refractivity contribution is 5.70. The molecule has 3 heteroatoms.